The molecule has 0 aliphatic carbocycles. The van der Waals surface area contributed by atoms with E-state index < -0.39 is 5.97 Å². The first kappa shape index (κ1) is 15.8. The minimum absolute atomic E-state index is 0.151. The molecule has 0 aliphatic heterocycles. The van der Waals surface area contributed by atoms with Crippen LogP contribution in [0.4, 0.5) is 10.2 Å². The molecule has 0 aliphatic rings. The molecule has 0 unspecified atom stereocenters. The van der Waals surface area contributed by atoms with Crippen LogP contribution in [0.2, 0.25) is 0 Å². The van der Waals surface area contributed by atoms with Gasteiger partial charge >= 0.3 is 5.97 Å². The van der Waals surface area contributed by atoms with Gasteiger partial charge in [0.25, 0.3) is 0 Å². The van der Waals surface area contributed by atoms with Gasteiger partial charge in [-0.05, 0) is 55.8 Å². The fourth-order valence-electron chi connectivity index (χ4n) is 1.93. The summed E-state index contributed by atoms with van der Waals surface area (Å²) in [4.78, 5) is 14.2. The summed E-state index contributed by atoms with van der Waals surface area (Å²) in [6, 6.07) is 14.2. The van der Waals surface area contributed by atoms with Gasteiger partial charge in [-0.2, -0.15) is 0 Å². The summed E-state index contributed by atoms with van der Waals surface area (Å²) in [5.41, 5.74) is 2.10. The van der Waals surface area contributed by atoms with Crippen molar-refractivity contribution in [2.75, 3.05) is 5.32 Å². The smallest absolute Gasteiger partial charge is 0.379 e. The van der Waals surface area contributed by atoms with Crippen LogP contribution in [0.3, 0.4) is 0 Å². The Bertz CT molecular complexity index is 609. The molecule has 5 heteroatoms. The lowest BCUT2D eigenvalue weighted by Crippen LogP contribution is -2.05. The van der Waals surface area contributed by atoms with Gasteiger partial charge in [0.2, 0.25) is 0 Å². The highest BCUT2D eigenvalue weighted by Crippen LogP contribution is 2.16. The zero-order chi connectivity index (χ0) is 15.9. The molecule has 1 N–H and O–H groups in total. The number of benzene rings is 2. The van der Waals surface area contributed by atoms with Crippen molar-refractivity contribution < 1.29 is 19.0 Å². The maximum atomic E-state index is 11.8. The molecule has 0 fully saturated rings. The van der Waals surface area contributed by atoms with Crippen LogP contribution in [0.15, 0.2) is 48.5 Å². The van der Waals surface area contributed by atoms with E-state index in [-0.39, 0.29) is 11.7 Å². The van der Waals surface area contributed by atoms with Gasteiger partial charge in [0.15, 0.2) is 0 Å². The van der Waals surface area contributed by atoms with Gasteiger partial charge in [-0.1, -0.05) is 12.1 Å². The van der Waals surface area contributed by atoms with E-state index in [2.05, 4.69) is 10.3 Å². The van der Waals surface area contributed by atoms with E-state index in [0.29, 0.717) is 6.54 Å². The normalized spacial score (nSPS) is 10.4. The third kappa shape index (κ3) is 4.48. The van der Waals surface area contributed by atoms with Crippen molar-refractivity contribution in [2.45, 2.75) is 26.5 Å². The van der Waals surface area contributed by atoms with Gasteiger partial charge in [0, 0.05) is 16.8 Å². The van der Waals surface area contributed by atoms with Crippen LogP contribution < -0.4 is 10.1 Å². The summed E-state index contributed by atoms with van der Waals surface area (Å²) in [6.45, 7) is 4.60. The van der Waals surface area contributed by atoms with Crippen molar-refractivity contribution in [2.24, 2.45) is 0 Å². The molecule has 0 spiro atoms. The van der Waals surface area contributed by atoms with Gasteiger partial charge in [-0.25, -0.2) is 9.74 Å². The van der Waals surface area contributed by atoms with E-state index >= 15 is 0 Å². The van der Waals surface area contributed by atoms with E-state index in [9.17, 15) is 9.32 Å². The van der Waals surface area contributed by atoms with Crippen LogP contribution in [-0.4, -0.2) is 12.1 Å². The summed E-state index contributed by atoms with van der Waals surface area (Å²) in [5, 5.41) is 3.22. The Hall–Kier alpha value is -2.56. The largest absolute Gasteiger partial charge is 0.491 e. The van der Waals surface area contributed by atoms with Crippen molar-refractivity contribution in [3.05, 3.63) is 59.7 Å². The third-order valence-electron chi connectivity index (χ3n) is 2.98. The topological polar surface area (TPSA) is 47.6 Å². The number of rotatable bonds is 6. The van der Waals surface area contributed by atoms with Crippen LogP contribution in [-0.2, 0) is 11.5 Å². The maximum absolute atomic E-state index is 11.8. The molecule has 0 saturated carbocycles. The van der Waals surface area contributed by atoms with Crippen molar-refractivity contribution in [3.63, 3.8) is 0 Å². The summed E-state index contributed by atoms with van der Waals surface area (Å²) in [7, 11) is 0. The van der Waals surface area contributed by atoms with E-state index in [1.54, 1.807) is 12.1 Å². The molecule has 0 atom stereocenters. The Morgan fingerprint density at radius 2 is 1.73 bits per heavy atom. The number of hydrogen-bond acceptors (Lipinski definition) is 4. The van der Waals surface area contributed by atoms with Gasteiger partial charge in [0.1, 0.15) is 5.75 Å². The second kappa shape index (κ2) is 7.45. The molecule has 4 nitrogen and oxygen atoms in total. The molecule has 0 amide bonds. The molecular weight excluding hydrogens is 285 g/mol. The second-order valence-corrected chi connectivity index (χ2v) is 5.11. The van der Waals surface area contributed by atoms with Crippen molar-refractivity contribution in [3.8, 4) is 5.75 Å². The van der Waals surface area contributed by atoms with Crippen LogP contribution in [0, 0.1) is 0 Å². The zero-order valence-electron chi connectivity index (χ0n) is 12.5. The lowest BCUT2D eigenvalue weighted by Gasteiger charge is -2.11. The number of carbonyl (C=O) groups excluding carboxylic acids is 1. The third-order valence-corrected chi connectivity index (χ3v) is 2.98. The van der Waals surface area contributed by atoms with Crippen molar-refractivity contribution in [1.29, 1.82) is 0 Å². The van der Waals surface area contributed by atoms with E-state index in [1.807, 2.05) is 38.1 Å². The Kier molecular flexibility index (Phi) is 5.36. The second-order valence-electron chi connectivity index (χ2n) is 5.11. The number of carbonyl (C=O) groups is 1. The predicted molar refractivity (Wildman–Crippen MR) is 82.5 cm³/mol. The van der Waals surface area contributed by atoms with Crippen molar-refractivity contribution >= 4 is 11.7 Å². The Labute approximate surface area is 128 Å². The molecular formula is C17H18FNO3. The quantitative estimate of drug-likeness (QED) is 0.871. The van der Waals surface area contributed by atoms with Crippen LogP contribution in [0.5, 0.6) is 5.75 Å². The fraction of sp³-hybridized carbons (Fsp3) is 0.235. The highest BCUT2D eigenvalue weighted by atomic mass is 19.3. The zero-order valence-corrected chi connectivity index (χ0v) is 12.5. The molecule has 0 heterocycles. The fourth-order valence-corrected chi connectivity index (χ4v) is 1.93. The first-order valence-corrected chi connectivity index (χ1v) is 7.01. The Morgan fingerprint density at radius 3 is 2.27 bits per heavy atom. The SMILES string of the molecule is CC(C)Oc1ccc(CNc2ccc(C(=O)OF)cc2)cc1. The first-order valence-electron chi connectivity index (χ1n) is 7.01. The molecule has 2 aromatic carbocycles. The van der Waals surface area contributed by atoms with Gasteiger partial charge in [-0.15, -0.1) is 0 Å². The van der Waals surface area contributed by atoms with Gasteiger partial charge in [0.05, 0.1) is 11.7 Å². The van der Waals surface area contributed by atoms with Gasteiger partial charge < -0.3 is 10.1 Å². The number of ether oxygens (including phenoxy) is 1. The minimum Gasteiger partial charge on any atom is -0.491 e. The molecule has 116 valence electrons. The van der Waals surface area contributed by atoms with E-state index in [4.69, 9.17) is 4.74 Å². The lowest BCUT2D eigenvalue weighted by molar-refractivity contribution is -0.0788. The molecule has 0 bridgehead atoms. The molecule has 0 saturated heterocycles. The summed E-state index contributed by atoms with van der Waals surface area (Å²) in [5.74, 6) is -0.153. The first-order chi connectivity index (χ1) is 10.6. The summed E-state index contributed by atoms with van der Waals surface area (Å²) >= 11 is 0. The monoisotopic (exact) mass is 303 g/mol. The Morgan fingerprint density at radius 1 is 1.09 bits per heavy atom. The molecule has 0 aromatic heterocycles. The number of anilines is 1. The lowest BCUT2D eigenvalue weighted by atomic mass is 10.2. The van der Waals surface area contributed by atoms with E-state index in [1.165, 1.54) is 12.1 Å². The molecule has 0 radical (unpaired) electrons. The average Bonchev–Trinajstić information content (AvgIpc) is 2.53. The Balaban J connectivity index is 1.91. The minimum atomic E-state index is -0.993. The van der Waals surface area contributed by atoms with Crippen molar-refractivity contribution in [1.82, 2.24) is 0 Å². The number of hydrogen-bond donors (Lipinski definition) is 1. The molecule has 22 heavy (non-hydrogen) atoms. The number of nitrogens with one attached hydrogen (secondary N) is 1. The molecule has 2 aromatic rings. The van der Waals surface area contributed by atoms with Crippen LogP contribution in [0.1, 0.15) is 29.8 Å². The standard InChI is InChI=1S/C17H18FNO3/c1-12(2)21-16-9-3-13(4-10-16)11-19-15-7-5-14(6-8-15)17(20)22-18/h3-10,12,19H,11H2,1-2H3. The predicted octanol–water partition coefficient (Wildman–Crippen LogP) is 4.13. The number of halogens is 1. The highest BCUT2D eigenvalue weighted by molar-refractivity contribution is 5.89. The van der Waals surface area contributed by atoms with Crippen LogP contribution >= 0.6 is 0 Å². The highest BCUT2D eigenvalue weighted by Gasteiger charge is 2.06. The van der Waals surface area contributed by atoms with E-state index in [0.717, 1.165) is 17.0 Å². The summed E-state index contributed by atoms with van der Waals surface area (Å²) < 4.78 is 17.4. The average molecular weight is 303 g/mol. The van der Waals surface area contributed by atoms with Crippen LogP contribution in [0.25, 0.3) is 0 Å². The van der Waals surface area contributed by atoms with Gasteiger partial charge in [-0.3, -0.25) is 0 Å². The maximum Gasteiger partial charge on any atom is 0.379 e. The summed E-state index contributed by atoms with van der Waals surface area (Å²) in [6.07, 6.45) is 0.151. The molecule has 2 rings (SSSR count).